The highest BCUT2D eigenvalue weighted by atomic mass is 19.2. The van der Waals surface area contributed by atoms with E-state index in [-0.39, 0.29) is 17.3 Å². The molecule has 2 aromatic carbocycles. The maximum Gasteiger partial charge on any atom is 0.174 e. The van der Waals surface area contributed by atoms with Crippen molar-refractivity contribution < 1.29 is 13.2 Å². The fraction of sp³-hybridized carbons (Fsp3) is 0.419. The Bertz CT molecular complexity index is 1120. The van der Waals surface area contributed by atoms with Crippen LogP contribution in [0.2, 0.25) is 0 Å². The van der Waals surface area contributed by atoms with Gasteiger partial charge < -0.3 is 0 Å². The smallest absolute Gasteiger partial charge is 0.174 e. The first-order chi connectivity index (χ1) is 16.5. The molecule has 2 aromatic rings. The van der Waals surface area contributed by atoms with Crippen LogP contribution < -0.4 is 0 Å². The molecule has 2 fully saturated rings. The molecule has 0 amide bonds. The molecule has 0 heterocycles. The highest BCUT2D eigenvalue weighted by molar-refractivity contribution is 5.46. The standard InChI is InChI=1S/C31H33F3/c1-3-5-6-7-23-13-14-24(31(34)30(23)33)11-9-22-10-17-28(29(32)19-22)27-16-15-25-18-21(4-2)8-12-26(25)20-27/h3-5,10,13-14,17,19,21,25-27H,2,6-8,12,15-16,18,20H2,1H3/b5-3+. The summed E-state index contributed by atoms with van der Waals surface area (Å²) >= 11 is 0. The molecule has 4 rings (SSSR count). The zero-order chi connectivity index (χ0) is 24.1. The Hall–Kier alpha value is -2.73. The van der Waals surface area contributed by atoms with Gasteiger partial charge in [-0.3, -0.25) is 0 Å². The van der Waals surface area contributed by atoms with Gasteiger partial charge in [-0.25, -0.2) is 13.2 Å². The van der Waals surface area contributed by atoms with Crippen LogP contribution in [0.4, 0.5) is 13.2 Å². The molecule has 0 saturated heterocycles. The molecule has 3 heteroatoms. The molecular weight excluding hydrogens is 429 g/mol. The lowest BCUT2D eigenvalue weighted by atomic mass is 9.64. The molecule has 0 spiro atoms. The summed E-state index contributed by atoms with van der Waals surface area (Å²) in [5, 5.41) is 0. The minimum absolute atomic E-state index is 0.00906. The summed E-state index contributed by atoms with van der Waals surface area (Å²) in [5.74, 6) is 5.75. The molecule has 4 atom stereocenters. The summed E-state index contributed by atoms with van der Waals surface area (Å²) in [6.07, 6.45) is 13.8. The third-order valence-corrected chi connectivity index (χ3v) is 7.75. The second kappa shape index (κ2) is 11.1. The van der Waals surface area contributed by atoms with E-state index in [1.54, 1.807) is 12.1 Å². The van der Waals surface area contributed by atoms with Gasteiger partial charge in [0, 0.05) is 5.56 Å². The average Bonchev–Trinajstić information content (AvgIpc) is 2.85. The lowest BCUT2D eigenvalue weighted by molar-refractivity contribution is 0.132. The van der Waals surface area contributed by atoms with Gasteiger partial charge in [0.25, 0.3) is 0 Å². The number of benzene rings is 2. The second-order valence-electron chi connectivity index (χ2n) is 9.83. The summed E-state index contributed by atoms with van der Waals surface area (Å²) in [6.45, 7) is 5.86. The van der Waals surface area contributed by atoms with E-state index in [1.165, 1.54) is 31.4 Å². The average molecular weight is 463 g/mol. The van der Waals surface area contributed by atoms with E-state index in [1.807, 2.05) is 25.1 Å². The zero-order valence-corrected chi connectivity index (χ0v) is 19.9. The van der Waals surface area contributed by atoms with E-state index in [0.29, 0.717) is 35.8 Å². The zero-order valence-electron chi connectivity index (χ0n) is 19.9. The number of rotatable bonds is 5. The van der Waals surface area contributed by atoms with Crippen molar-refractivity contribution in [3.63, 3.8) is 0 Å². The first-order valence-corrected chi connectivity index (χ1v) is 12.5. The summed E-state index contributed by atoms with van der Waals surface area (Å²) in [5.41, 5.74) is 1.56. The van der Waals surface area contributed by atoms with Crippen molar-refractivity contribution in [2.45, 2.75) is 64.2 Å². The third kappa shape index (κ3) is 5.49. The Morgan fingerprint density at radius 2 is 1.74 bits per heavy atom. The van der Waals surface area contributed by atoms with Gasteiger partial charge in [-0.1, -0.05) is 42.2 Å². The van der Waals surface area contributed by atoms with Crippen molar-refractivity contribution in [3.8, 4) is 11.8 Å². The SMILES string of the molecule is C=CC1CCC2CC(c3ccc(C#Cc4ccc(CC/C=C/C)c(F)c4F)cc3F)CCC2C1. The summed E-state index contributed by atoms with van der Waals surface area (Å²) in [6, 6.07) is 8.14. The van der Waals surface area contributed by atoms with Gasteiger partial charge in [-0.15, -0.1) is 6.58 Å². The molecule has 178 valence electrons. The minimum Gasteiger partial charge on any atom is -0.207 e. The number of hydrogen-bond acceptors (Lipinski definition) is 0. The van der Waals surface area contributed by atoms with Crippen LogP contribution in [0.15, 0.2) is 55.1 Å². The fourth-order valence-electron chi connectivity index (χ4n) is 5.78. The molecule has 0 nitrogen and oxygen atoms in total. The van der Waals surface area contributed by atoms with E-state index in [0.717, 1.165) is 30.7 Å². The molecular formula is C31H33F3. The minimum atomic E-state index is -0.939. The van der Waals surface area contributed by atoms with Crippen LogP contribution in [0.25, 0.3) is 0 Å². The van der Waals surface area contributed by atoms with Crippen LogP contribution >= 0.6 is 0 Å². The van der Waals surface area contributed by atoms with Crippen molar-refractivity contribution in [2.75, 3.05) is 0 Å². The Morgan fingerprint density at radius 3 is 2.50 bits per heavy atom. The molecule has 2 aliphatic carbocycles. The lowest BCUT2D eigenvalue weighted by Gasteiger charge is -2.41. The topological polar surface area (TPSA) is 0 Å². The summed E-state index contributed by atoms with van der Waals surface area (Å²) in [4.78, 5) is 0. The van der Waals surface area contributed by atoms with Crippen molar-refractivity contribution >= 4 is 0 Å². The van der Waals surface area contributed by atoms with Gasteiger partial charge >= 0.3 is 0 Å². The van der Waals surface area contributed by atoms with Crippen LogP contribution in [0.5, 0.6) is 0 Å². The molecule has 0 radical (unpaired) electrons. The Balaban J connectivity index is 1.45. The van der Waals surface area contributed by atoms with Crippen molar-refractivity contribution in [1.29, 1.82) is 0 Å². The van der Waals surface area contributed by atoms with Gasteiger partial charge in [0.05, 0.1) is 5.56 Å². The predicted molar refractivity (Wildman–Crippen MR) is 133 cm³/mol. The Kier molecular flexibility index (Phi) is 7.99. The molecule has 2 saturated carbocycles. The maximum atomic E-state index is 15.0. The fourth-order valence-corrected chi connectivity index (χ4v) is 5.78. The maximum absolute atomic E-state index is 15.0. The van der Waals surface area contributed by atoms with Crippen LogP contribution in [-0.2, 0) is 6.42 Å². The van der Waals surface area contributed by atoms with Crippen molar-refractivity contribution in [3.05, 3.63) is 94.8 Å². The monoisotopic (exact) mass is 462 g/mol. The lowest BCUT2D eigenvalue weighted by Crippen LogP contribution is -2.30. The van der Waals surface area contributed by atoms with Gasteiger partial charge in [0.15, 0.2) is 11.6 Å². The molecule has 4 unspecified atom stereocenters. The third-order valence-electron chi connectivity index (χ3n) is 7.75. The van der Waals surface area contributed by atoms with E-state index in [9.17, 15) is 8.78 Å². The van der Waals surface area contributed by atoms with Gasteiger partial charge in [-0.05, 0) is 111 Å². The van der Waals surface area contributed by atoms with Gasteiger partial charge in [0.2, 0.25) is 0 Å². The van der Waals surface area contributed by atoms with E-state index in [2.05, 4.69) is 24.5 Å². The number of aryl methyl sites for hydroxylation is 1. The number of allylic oxidation sites excluding steroid dienone is 3. The largest absolute Gasteiger partial charge is 0.207 e. The van der Waals surface area contributed by atoms with E-state index >= 15 is 4.39 Å². The van der Waals surface area contributed by atoms with Crippen molar-refractivity contribution in [2.24, 2.45) is 17.8 Å². The molecule has 0 N–H and O–H groups in total. The number of halogens is 3. The highest BCUT2D eigenvalue weighted by Crippen LogP contribution is 2.48. The van der Waals surface area contributed by atoms with Crippen LogP contribution in [-0.4, -0.2) is 0 Å². The van der Waals surface area contributed by atoms with Crippen LogP contribution in [0.3, 0.4) is 0 Å². The van der Waals surface area contributed by atoms with Crippen LogP contribution in [0.1, 0.15) is 80.0 Å². The molecule has 0 aromatic heterocycles. The predicted octanol–water partition coefficient (Wildman–Crippen LogP) is 8.50. The number of fused-ring (bicyclic) bond motifs is 1. The summed E-state index contributed by atoms with van der Waals surface area (Å²) in [7, 11) is 0. The Morgan fingerprint density at radius 1 is 0.941 bits per heavy atom. The second-order valence-corrected chi connectivity index (χ2v) is 9.83. The molecule has 34 heavy (non-hydrogen) atoms. The van der Waals surface area contributed by atoms with E-state index in [4.69, 9.17) is 0 Å². The molecule has 0 bridgehead atoms. The number of hydrogen-bond donors (Lipinski definition) is 0. The van der Waals surface area contributed by atoms with Gasteiger partial charge in [-0.2, -0.15) is 0 Å². The van der Waals surface area contributed by atoms with Crippen molar-refractivity contribution in [1.82, 2.24) is 0 Å². The van der Waals surface area contributed by atoms with Crippen LogP contribution in [0, 0.1) is 47.0 Å². The molecule has 2 aliphatic rings. The summed E-state index contributed by atoms with van der Waals surface area (Å²) < 4.78 is 43.9. The quantitative estimate of drug-likeness (QED) is 0.309. The molecule has 0 aliphatic heterocycles. The first-order valence-electron chi connectivity index (χ1n) is 12.5. The Labute approximate surface area is 202 Å². The normalized spacial score (nSPS) is 24.4. The highest BCUT2D eigenvalue weighted by Gasteiger charge is 2.35. The first kappa shape index (κ1) is 24.4. The van der Waals surface area contributed by atoms with Gasteiger partial charge in [0.1, 0.15) is 5.82 Å². The van der Waals surface area contributed by atoms with E-state index < -0.39 is 11.6 Å².